The van der Waals surface area contributed by atoms with E-state index in [0.717, 1.165) is 9.78 Å². The van der Waals surface area contributed by atoms with E-state index in [1.807, 2.05) is 5.38 Å². The maximum absolute atomic E-state index is 13.1. The number of benzene rings is 2. The van der Waals surface area contributed by atoms with E-state index in [1.54, 1.807) is 36.4 Å². The summed E-state index contributed by atoms with van der Waals surface area (Å²) >= 11 is 18.0. The molecule has 0 radical (unpaired) electrons. The molecule has 3 aromatic rings. The molecule has 2 aromatic carbocycles. The molecule has 208 valence electrons. The maximum Gasteiger partial charge on any atom is 0.353 e. The van der Waals surface area contributed by atoms with Gasteiger partial charge < -0.3 is 24.4 Å². The molecule has 14 heteroatoms. The van der Waals surface area contributed by atoms with E-state index in [2.05, 4.69) is 5.32 Å². The molecular formula is C26H19Cl3N2O7S2. The molecule has 40 heavy (non-hydrogen) atoms. The molecule has 2 N–H and O–H groups in total. The lowest BCUT2D eigenvalue weighted by Gasteiger charge is -2.48. The molecule has 1 fully saturated rings. The van der Waals surface area contributed by atoms with Crippen molar-refractivity contribution in [1.82, 2.24) is 10.2 Å². The fraction of sp³-hybridized carbons (Fsp3) is 0.192. The smallest absolute Gasteiger partial charge is 0.353 e. The number of halogens is 3. The van der Waals surface area contributed by atoms with Gasteiger partial charge in [0.05, 0.1) is 11.4 Å². The van der Waals surface area contributed by atoms with Gasteiger partial charge in [0.2, 0.25) is 11.3 Å². The average Bonchev–Trinajstić information content (AvgIpc) is 3.41. The molecule has 9 nitrogen and oxygen atoms in total. The first-order chi connectivity index (χ1) is 19.1. The van der Waals surface area contributed by atoms with Gasteiger partial charge in [-0.2, -0.15) is 0 Å². The fourth-order valence-corrected chi connectivity index (χ4v) is 7.26. The molecule has 1 aromatic heterocycles. The molecule has 3 atom stereocenters. The average molecular weight is 642 g/mol. The number of thiophene rings is 1. The van der Waals surface area contributed by atoms with Gasteiger partial charge in [0, 0.05) is 26.6 Å². The topological polar surface area (TPSA) is 128 Å². The predicted molar refractivity (Wildman–Crippen MR) is 152 cm³/mol. The van der Waals surface area contributed by atoms with E-state index in [-0.39, 0.29) is 46.6 Å². The minimum Gasteiger partial charge on any atom is -0.614 e. The summed E-state index contributed by atoms with van der Waals surface area (Å²) in [5, 5.41) is 14.4. The fourth-order valence-electron chi connectivity index (χ4n) is 4.28. The third-order valence-electron chi connectivity index (χ3n) is 6.06. The Hall–Kier alpha value is -2.93. The van der Waals surface area contributed by atoms with Crippen LogP contribution in [-0.4, -0.2) is 56.1 Å². The zero-order valence-corrected chi connectivity index (χ0v) is 24.2. The summed E-state index contributed by atoms with van der Waals surface area (Å²) in [6, 6.07) is 11.8. The van der Waals surface area contributed by atoms with Crippen LogP contribution in [0, 0.1) is 0 Å². The molecule has 5 rings (SSSR count). The molecular weight excluding hydrogens is 623 g/mol. The first kappa shape index (κ1) is 28.6. The van der Waals surface area contributed by atoms with Gasteiger partial charge in [-0.15, -0.1) is 11.3 Å². The van der Waals surface area contributed by atoms with Crippen LogP contribution in [0.25, 0.3) is 0 Å². The number of rotatable bonds is 9. The third kappa shape index (κ3) is 5.90. The minimum atomic E-state index is -1.70. The van der Waals surface area contributed by atoms with Crippen LogP contribution >= 0.6 is 46.1 Å². The first-order valence-electron chi connectivity index (χ1n) is 11.6. The van der Waals surface area contributed by atoms with Crippen molar-refractivity contribution in [3.05, 3.63) is 85.1 Å². The van der Waals surface area contributed by atoms with E-state index < -0.39 is 40.4 Å². The molecule has 2 unspecified atom stereocenters. The molecule has 0 saturated carbocycles. The van der Waals surface area contributed by atoms with Gasteiger partial charge in [0.15, 0.2) is 17.5 Å². The van der Waals surface area contributed by atoms with Crippen LogP contribution in [0.15, 0.2) is 65.2 Å². The highest BCUT2D eigenvalue weighted by molar-refractivity contribution is 7.92. The molecule has 1 saturated heterocycles. The van der Waals surface area contributed by atoms with E-state index in [4.69, 9.17) is 44.3 Å². The third-order valence-corrected chi connectivity index (χ3v) is 9.36. The van der Waals surface area contributed by atoms with Crippen LogP contribution in [-0.2, 0) is 32.0 Å². The van der Waals surface area contributed by atoms with Crippen molar-refractivity contribution in [2.24, 2.45) is 0 Å². The monoisotopic (exact) mass is 640 g/mol. The quantitative estimate of drug-likeness (QED) is 0.252. The SMILES string of the molecule is O=C(Cc1cccs1)NC1C(=O)N2C(C(=O)O)=C(COc3cc(Cl)ccc3Oc3ccc(Cl)cc3Cl)C[S+]([O-])[C@@H]12. The van der Waals surface area contributed by atoms with Gasteiger partial charge in [-0.3, -0.25) is 14.5 Å². The van der Waals surface area contributed by atoms with Gasteiger partial charge in [-0.05, 0) is 53.0 Å². The number of β-lactam (4-membered cyclic amide) rings is 1. The van der Waals surface area contributed by atoms with Crippen molar-refractivity contribution in [3.63, 3.8) is 0 Å². The number of amides is 2. The zero-order chi connectivity index (χ0) is 28.6. The Labute approximate surface area is 250 Å². The van der Waals surface area contributed by atoms with Gasteiger partial charge in [-0.25, -0.2) is 4.79 Å². The highest BCUT2D eigenvalue weighted by Gasteiger charge is 2.61. The van der Waals surface area contributed by atoms with Crippen LogP contribution < -0.4 is 14.8 Å². The van der Waals surface area contributed by atoms with Crippen LogP contribution in [0.4, 0.5) is 0 Å². The van der Waals surface area contributed by atoms with E-state index >= 15 is 0 Å². The van der Waals surface area contributed by atoms with E-state index in [1.165, 1.54) is 23.5 Å². The van der Waals surface area contributed by atoms with E-state index in [0.29, 0.717) is 15.8 Å². The second-order valence-corrected chi connectivity index (χ2v) is 12.6. The molecule has 0 aliphatic carbocycles. The van der Waals surface area contributed by atoms with Crippen molar-refractivity contribution in [1.29, 1.82) is 0 Å². The highest BCUT2D eigenvalue weighted by atomic mass is 35.5. The molecule has 2 aliphatic rings. The number of carbonyl (C=O) groups is 3. The number of carbonyl (C=O) groups excluding carboxylic acids is 2. The van der Waals surface area contributed by atoms with Crippen molar-refractivity contribution in [2.75, 3.05) is 12.4 Å². The summed E-state index contributed by atoms with van der Waals surface area (Å²) in [4.78, 5) is 39.4. The second-order valence-electron chi connectivity index (χ2n) is 8.74. The first-order valence-corrected chi connectivity index (χ1v) is 15.0. The zero-order valence-electron chi connectivity index (χ0n) is 20.3. The Balaban J connectivity index is 1.34. The molecule has 0 spiro atoms. The maximum atomic E-state index is 13.1. The number of ether oxygens (including phenoxy) is 2. The number of aliphatic carboxylic acids is 1. The summed E-state index contributed by atoms with van der Waals surface area (Å²) in [7, 11) is 0. The number of nitrogens with zero attached hydrogens (tertiary/aromatic N) is 1. The van der Waals surface area contributed by atoms with Crippen molar-refractivity contribution < 1.29 is 33.5 Å². The lowest BCUT2D eigenvalue weighted by molar-refractivity contribution is -0.151. The number of nitrogens with one attached hydrogen (secondary N) is 1. The highest BCUT2D eigenvalue weighted by Crippen LogP contribution is 2.40. The Morgan fingerprint density at radius 1 is 1.10 bits per heavy atom. The largest absolute Gasteiger partial charge is 0.614 e. The number of hydrogen-bond donors (Lipinski definition) is 2. The van der Waals surface area contributed by atoms with Crippen molar-refractivity contribution in [2.45, 2.75) is 17.8 Å². The molecule has 0 bridgehead atoms. The summed E-state index contributed by atoms with van der Waals surface area (Å²) in [5.41, 5.74) is -0.196. The van der Waals surface area contributed by atoms with Crippen LogP contribution in [0.5, 0.6) is 17.2 Å². The molecule has 2 amide bonds. The summed E-state index contributed by atoms with van der Waals surface area (Å²) in [6.45, 7) is -0.315. The normalized spacial score (nSPS) is 20.1. The Morgan fingerprint density at radius 3 is 2.50 bits per heavy atom. The number of hydrogen-bond acceptors (Lipinski definition) is 7. The van der Waals surface area contributed by atoms with Crippen molar-refractivity contribution >= 4 is 75.1 Å². The molecule has 3 heterocycles. The number of fused-ring (bicyclic) bond motifs is 1. The summed E-state index contributed by atoms with van der Waals surface area (Å²) in [6.07, 6.45) is 0.0623. The minimum absolute atomic E-state index is 0.0623. The van der Waals surface area contributed by atoms with Crippen LogP contribution in [0.3, 0.4) is 0 Å². The van der Waals surface area contributed by atoms with Crippen LogP contribution in [0.2, 0.25) is 15.1 Å². The van der Waals surface area contributed by atoms with Crippen LogP contribution in [0.1, 0.15) is 4.88 Å². The van der Waals surface area contributed by atoms with E-state index in [9.17, 15) is 24.0 Å². The van der Waals surface area contributed by atoms with Gasteiger partial charge in [0.1, 0.15) is 23.8 Å². The Bertz CT molecular complexity index is 1520. The lowest BCUT2D eigenvalue weighted by atomic mass is 10.0. The standard InChI is InChI=1S/C26H19Cl3N2O7S2/c27-14-3-5-18(17(29)8-14)38-19-6-4-15(28)9-20(19)37-11-13-12-40(36)25-22(24(33)31(25)23(13)26(34)35)30-21(32)10-16-2-1-7-39-16/h1-9,22,25H,10-12H2,(H,30,32)(H,34,35)/t22?,25-,40?/m0/s1. The predicted octanol–water partition coefficient (Wildman–Crippen LogP) is 4.88. The Morgan fingerprint density at radius 2 is 1.82 bits per heavy atom. The lowest BCUT2D eigenvalue weighted by Crippen LogP contribution is -2.75. The summed E-state index contributed by atoms with van der Waals surface area (Å²) < 4.78 is 24.9. The van der Waals surface area contributed by atoms with Gasteiger partial charge >= 0.3 is 5.97 Å². The van der Waals surface area contributed by atoms with Gasteiger partial charge in [-0.1, -0.05) is 40.9 Å². The number of carboxylic acids is 1. The molecule has 2 aliphatic heterocycles. The Kier molecular flexibility index (Phi) is 8.50. The number of carboxylic acid groups (broad SMARTS) is 1. The second kappa shape index (κ2) is 11.9. The van der Waals surface area contributed by atoms with Crippen molar-refractivity contribution in [3.8, 4) is 17.2 Å². The van der Waals surface area contributed by atoms with Gasteiger partial charge in [0.25, 0.3) is 5.91 Å². The summed E-state index contributed by atoms with van der Waals surface area (Å²) in [5.74, 6) is -1.94.